The molecule has 0 aliphatic carbocycles. The summed E-state index contributed by atoms with van der Waals surface area (Å²) in [6, 6.07) is 9.24. The lowest BCUT2D eigenvalue weighted by atomic mass is 9.97. The Morgan fingerprint density at radius 1 is 1.28 bits per heavy atom. The maximum Gasteiger partial charge on any atom is 0.0991 e. The number of nitrogens with one attached hydrogen (secondary N) is 1. The molecule has 1 atom stereocenters. The molecule has 3 nitrogen and oxygen atoms in total. The molecule has 3 heteroatoms. The van der Waals surface area contributed by atoms with Gasteiger partial charge in [-0.3, -0.25) is 0 Å². The quantitative estimate of drug-likeness (QED) is 0.895. The topological polar surface area (TPSA) is 29.9 Å². The van der Waals surface area contributed by atoms with Crippen LogP contribution in [-0.2, 0) is 6.42 Å². The number of piperidine rings is 1. The summed E-state index contributed by atoms with van der Waals surface area (Å²) in [6.45, 7) is 1.16. The number of benzene rings is 1. The first kappa shape index (κ1) is 11.5. The molecule has 1 aliphatic heterocycles. The molecule has 2 heterocycles. The molecule has 1 N–H and O–H groups in total. The van der Waals surface area contributed by atoms with Crippen LogP contribution in [0.3, 0.4) is 0 Å². The predicted octanol–water partition coefficient (Wildman–Crippen LogP) is 2.56. The summed E-state index contributed by atoms with van der Waals surface area (Å²) in [6.07, 6.45) is 10.8. The van der Waals surface area contributed by atoms with E-state index in [0.717, 1.165) is 13.0 Å². The second kappa shape index (κ2) is 5.36. The van der Waals surface area contributed by atoms with Crippen LogP contribution in [-0.4, -0.2) is 22.1 Å². The van der Waals surface area contributed by atoms with Gasteiger partial charge in [-0.2, -0.15) is 0 Å². The normalized spacial score (nSPS) is 19.9. The lowest BCUT2D eigenvalue weighted by molar-refractivity contribution is 0.399. The van der Waals surface area contributed by atoms with E-state index in [4.69, 9.17) is 0 Å². The Morgan fingerprint density at radius 3 is 3.00 bits per heavy atom. The lowest BCUT2D eigenvalue weighted by Gasteiger charge is -2.24. The van der Waals surface area contributed by atoms with Gasteiger partial charge in [0.15, 0.2) is 0 Å². The van der Waals surface area contributed by atoms with Gasteiger partial charge in [0.1, 0.15) is 0 Å². The molecule has 1 aromatic heterocycles. The predicted molar refractivity (Wildman–Crippen MR) is 72.9 cm³/mol. The van der Waals surface area contributed by atoms with Crippen molar-refractivity contribution in [1.82, 2.24) is 14.9 Å². The molecule has 3 rings (SSSR count). The summed E-state index contributed by atoms with van der Waals surface area (Å²) in [5.74, 6) is 0. The summed E-state index contributed by atoms with van der Waals surface area (Å²) >= 11 is 0. The van der Waals surface area contributed by atoms with Crippen LogP contribution in [0.25, 0.3) is 5.69 Å². The molecule has 0 spiro atoms. The van der Waals surface area contributed by atoms with Gasteiger partial charge >= 0.3 is 0 Å². The largest absolute Gasteiger partial charge is 0.314 e. The molecule has 1 aliphatic rings. The van der Waals surface area contributed by atoms with Crippen molar-refractivity contribution in [2.24, 2.45) is 0 Å². The van der Waals surface area contributed by atoms with E-state index in [1.807, 2.05) is 18.7 Å². The highest BCUT2D eigenvalue weighted by atomic mass is 15.0. The van der Waals surface area contributed by atoms with E-state index in [1.165, 1.54) is 30.5 Å². The third-order valence-electron chi connectivity index (χ3n) is 3.65. The number of hydrogen-bond donors (Lipinski definition) is 1. The molecule has 1 saturated heterocycles. The van der Waals surface area contributed by atoms with Crippen LogP contribution in [0.15, 0.2) is 43.0 Å². The molecule has 1 unspecified atom stereocenters. The fourth-order valence-corrected chi connectivity index (χ4v) is 2.70. The highest BCUT2D eigenvalue weighted by Gasteiger charge is 2.14. The Balaban J connectivity index is 1.83. The smallest absolute Gasteiger partial charge is 0.0991 e. The van der Waals surface area contributed by atoms with Crippen LogP contribution < -0.4 is 5.32 Å². The third-order valence-corrected chi connectivity index (χ3v) is 3.65. The van der Waals surface area contributed by atoms with Crippen molar-refractivity contribution in [1.29, 1.82) is 0 Å². The molecule has 0 radical (unpaired) electrons. The van der Waals surface area contributed by atoms with Gasteiger partial charge in [0, 0.05) is 24.1 Å². The second-order valence-electron chi connectivity index (χ2n) is 4.95. The fraction of sp³-hybridized carbons (Fsp3) is 0.400. The number of aromatic nitrogens is 2. The highest BCUT2D eigenvalue weighted by molar-refractivity contribution is 5.41. The minimum atomic E-state index is 0.628. The van der Waals surface area contributed by atoms with Gasteiger partial charge in [0.2, 0.25) is 0 Å². The number of rotatable bonds is 3. The van der Waals surface area contributed by atoms with Gasteiger partial charge in [0.25, 0.3) is 0 Å². The summed E-state index contributed by atoms with van der Waals surface area (Å²) in [5.41, 5.74) is 2.65. The Morgan fingerprint density at radius 2 is 2.22 bits per heavy atom. The van der Waals surface area contributed by atoms with Crippen molar-refractivity contribution in [2.45, 2.75) is 31.7 Å². The van der Waals surface area contributed by atoms with E-state index in [9.17, 15) is 0 Å². The Kier molecular flexibility index (Phi) is 3.42. The first-order valence-electron chi connectivity index (χ1n) is 6.73. The highest BCUT2D eigenvalue weighted by Crippen LogP contribution is 2.19. The number of imidazole rings is 1. The SMILES string of the molecule is c1ccc(-n2ccnc2)c(CC2CCCCN2)c1. The fourth-order valence-electron chi connectivity index (χ4n) is 2.70. The average Bonchev–Trinajstić information content (AvgIpc) is 2.94. The van der Waals surface area contributed by atoms with Gasteiger partial charge < -0.3 is 9.88 Å². The molecule has 94 valence electrons. The van der Waals surface area contributed by atoms with E-state index in [0.29, 0.717) is 6.04 Å². The molecular formula is C15H19N3. The van der Waals surface area contributed by atoms with Crippen molar-refractivity contribution >= 4 is 0 Å². The minimum absolute atomic E-state index is 0.628. The maximum absolute atomic E-state index is 4.13. The number of nitrogens with zero attached hydrogens (tertiary/aromatic N) is 2. The Hall–Kier alpha value is -1.61. The Bertz CT molecular complexity index is 484. The maximum atomic E-state index is 4.13. The van der Waals surface area contributed by atoms with Gasteiger partial charge in [-0.25, -0.2) is 4.98 Å². The first-order chi connectivity index (χ1) is 8.93. The van der Waals surface area contributed by atoms with Crippen LogP contribution in [0.5, 0.6) is 0 Å². The molecule has 0 saturated carbocycles. The standard InChI is InChI=1S/C15H19N3/c1-2-7-15(18-10-9-16-12-18)13(5-1)11-14-6-3-4-8-17-14/h1-2,5,7,9-10,12,14,17H,3-4,6,8,11H2. The Labute approximate surface area is 108 Å². The van der Waals surface area contributed by atoms with Crippen molar-refractivity contribution in [2.75, 3.05) is 6.54 Å². The monoisotopic (exact) mass is 241 g/mol. The first-order valence-corrected chi connectivity index (χ1v) is 6.73. The van der Waals surface area contributed by atoms with Crippen LogP contribution in [0.1, 0.15) is 24.8 Å². The molecule has 0 amide bonds. The molecule has 1 fully saturated rings. The van der Waals surface area contributed by atoms with Crippen molar-refractivity contribution in [3.05, 3.63) is 48.5 Å². The van der Waals surface area contributed by atoms with E-state index >= 15 is 0 Å². The van der Waals surface area contributed by atoms with Gasteiger partial charge in [-0.05, 0) is 37.4 Å². The molecule has 0 bridgehead atoms. The van der Waals surface area contributed by atoms with E-state index in [2.05, 4.69) is 39.1 Å². The molecule has 2 aromatic rings. The summed E-state index contributed by atoms with van der Waals surface area (Å²) in [7, 11) is 0. The van der Waals surface area contributed by atoms with Gasteiger partial charge in [-0.1, -0.05) is 24.6 Å². The van der Waals surface area contributed by atoms with Gasteiger partial charge in [-0.15, -0.1) is 0 Å². The molecule has 18 heavy (non-hydrogen) atoms. The van der Waals surface area contributed by atoms with E-state index in [1.54, 1.807) is 0 Å². The zero-order chi connectivity index (χ0) is 12.2. The average molecular weight is 241 g/mol. The zero-order valence-electron chi connectivity index (χ0n) is 10.5. The minimum Gasteiger partial charge on any atom is -0.314 e. The zero-order valence-corrected chi connectivity index (χ0v) is 10.5. The third kappa shape index (κ3) is 2.46. The van der Waals surface area contributed by atoms with E-state index in [-0.39, 0.29) is 0 Å². The number of para-hydroxylation sites is 1. The molecule has 1 aromatic carbocycles. The van der Waals surface area contributed by atoms with Crippen molar-refractivity contribution in [3.63, 3.8) is 0 Å². The number of hydrogen-bond acceptors (Lipinski definition) is 2. The van der Waals surface area contributed by atoms with Gasteiger partial charge in [0.05, 0.1) is 6.33 Å². The van der Waals surface area contributed by atoms with Crippen LogP contribution in [0.4, 0.5) is 0 Å². The second-order valence-corrected chi connectivity index (χ2v) is 4.95. The van der Waals surface area contributed by atoms with Crippen LogP contribution >= 0.6 is 0 Å². The van der Waals surface area contributed by atoms with Crippen LogP contribution in [0.2, 0.25) is 0 Å². The lowest BCUT2D eigenvalue weighted by Crippen LogP contribution is -2.35. The summed E-state index contributed by atoms with van der Waals surface area (Å²) < 4.78 is 2.10. The summed E-state index contributed by atoms with van der Waals surface area (Å²) in [4.78, 5) is 4.13. The molecular weight excluding hydrogens is 222 g/mol. The summed E-state index contributed by atoms with van der Waals surface area (Å²) in [5, 5.41) is 3.62. The van der Waals surface area contributed by atoms with Crippen molar-refractivity contribution < 1.29 is 0 Å². The van der Waals surface area contributed by atoms with Crippen molar-refractivity contribution in [3.8, 4) is 5.69 Å². The van der Waals surface area contributed by atoms with E-state index < -0.39 is 0 Å². The van der Waals surface area contributed by atoms with Crippen LogP contribution in [0, 0.1) is 0 Å².